The van der Waals surface area contributed by atoms with E-state index in [0.29, 0.717) is 28.0 Å². The molecular formula is C24H31Cl2N5S. The Kier molecular flexibility index (Phi) is 7.43. The van der Waals surface area contributed by atoms with Gasteiger partial charge < -0.3 is 15.5 Å². The van der Waals surface area contributed by atoms with Gasteiger partial charge in [0.25, 0.3) is 0 Å². The summed E-state index contributed by atoms with van der Waals surface area (Å²) in [5.41, 5.74) is 1.38. The van der Waals surface area contributed by atoms with Gasteiger partial charge in [-0.3, -0.25) is 0 Å². The molecule has 4 rings (SSSR count). The zero-order valence-electron chi connectivity index (χ0n) is 18.7. The van der Waals surface area contributed by atoms with E-state index in [1.54, 1.807) is 0 Å². The molecule has 8 heteroatoms. The molecule has 1 saturated carbocycles. The zero-order valence-corrected chi connectivity index (χ0v) is 21.0. The summed E-state index contributed by atoms with van der Waals surface area (Å²) in [5.74, 6) is 2.54. The summed E-state index contributed by atoms with van der Waals surface area (Å²) >= 11 is 18.0. The van der Waals surface area contributed by atoms with E-state index in [9.17, 15) is 0 Å². The minimum Gasteiger partial charge on any atom is -0.361 e. The fourth-order valence-electron chi connectivity index (χ4n) is 5.29. The van der Waals surface area contributed by atoms with Crippen LogP contribution in [0.25, 0.3) is 0 Å². The minimum absolute atomic E-state index is 0.0662. The van der Waals surface area contributed by atoms with Crippen molar-refractivity contribution in [2.24, 2.45) is 11.8 Å². The van der Waals surface area contributed by atoms with Crippen molar-refractivity contribution >= 4 is 52.3 Å². The summed E-state index contributed by atoms with van der Waals surface area (Å²) in [4.78, 5) is 11.3. The van der Waals surface area contributed by atoms with Crippen LogP contribution in [0, 0.1) is 11.8 Å². The van der Waals surface area contributed by atoms with Gasteiger partial charge in [-0.1, -0.05) is 62.0 Å². The lowest BCUT2D eigenvalue weighted by molar-refractivity contribution is 0.355. The van der Waals surface area contributed by atoms with E-state index in [1.807, 2.05) is 18.2 Å². The number of hydrogen-bond acceptors (Lipinski definition) is 4. The quantitative estimate of drug-likeness (QED) is 0.391. The van der Waals surface area contributed by atoms with Crippen LogP contribution in [0.4, 0.5) is 11.8 Å². The molecule has 5 nitrogen and oxygen atoms in total. The molecule has 1 saturated heterocycles. The highest BCUT2D eigenvalue weighted by Gasteiger charge is 2.35. The third kappa shape index (κ3) is 5.64. The van der Waals surface area contributed by atoms with Crippen LogP contribution in [0.3, 0.4) is 0 Å². The number of piperidine rings is 1. The van der Waals surface area contributed by atoms with Gasteiger partial charge in [0.05, 0.1) is 0 Å². The summed E-state index contributed by atoms with van der Waals surface area (Å²) in [6, 6.07) is 10.0. The summed E-state index contributed by atoms with van der Waals surface area (Å²) in [5, 5.41) is 8.25. The molecule has 0 bridgehead atoms. The molecule has 0 spiro atoms. The van der Waals surface area contributed by atoms with Crippen molar-refractivity contribution in [1.29, 1.82) is 0 Å². The highest BCUT2D eigenvalue weighted by Crippen LogP contribution is 2.41. The molecule has 2 aromatic rings. The van der Waals surface area contributed by atoms with Crippen molar-refractivity contribution in [2.45, 2.75) is 51.4 Å². The second-order valence-electron chi connectivity index (χ2n) is 9.53. The van der Waals surface area contributed by atoms with Crippen LogP contribution < -0.4 is 15.5 Å². The summed E-state index contributed by atoms with van der Waals surface area (Å²) in [6.45, 7) is 7.27. The number of anilines is 2. The molecule has 2 N–H and O–H groups in total. The predicted octanol–water partition coefficient (Wildman–Crippen LogP) is 6.06. The molecule has 1 aliphatic carbocycles. The molecule has 2 aliphatic rings. The second kappa shape index (κ2) is 10.1. The van der Waals surface area contributed by atoms with E-state index in [4.69, 9.17) is 40.4 Å². The molecule has 1 aliphatic heterocycles. The topological polar surface area (TPSA) is 53.1 Å². The van der Waals surface area contributed by atoms with Gasteiger partial charge >= 0.3 is 0 Å². The monoisotopic (exact) mass is 491 g/mol. The van der Waals surface area contributed by atoms with Gasteiger partial charge in [-0.05, 0) is 61.0 Å². The number of nitrogens with one attached hydrogen (secondary N) is 2. The number of hydrogen-bond donors (Lipinski definition) is 2. The average Bonchev–Trinajstić information content (AvgIpc) is 3.22. The van der Waals surface area contributed by atoms with E-state index in [0.717, 1.165) is 43.3 Å². The number of aromatic nitrogens is 2. The first kappa shape index (κ1) is 23.5. The maximum Gasteiger partial charge on any atom is 0.232 e. The molecule has 0 radical (unpaired) electrons. The van der Waals surface area contributed by atoms with Crippen molar-refractivity contribution < 1.29 is 0 Å². The van der Waals surface area contributed by atoms with Crippen molar-refractivity contribution in [3.05, 3.63) is 46.1 Å². The lowest BCUT2D eigenvalue weighted by Crippen LogP contribution is -2.41. The third-order valence-corrected chi connectivity index (χ3v) is 7.40. The van der Waals surface area contributed by atoms with Gasteiger partial charge in [0.15, 0.2) is 5.11 Å². The van der Waals surface area contributed by atoms with E-state index in [-0.39, 0.29) is 5.41 Å². The molecule has 32 heavy (non-hydrogen) atoms. The van der Waals surface area contributed by atoms with Crippen molar-refractivity contribution in [1.82, 2.24) is 15.3 Å². The SMILES string of the molecule is C[C@@H]1C[C@@H](C)CN(c2cc(Cl)nc(NC(=S)NCC3(c4ccc(Cl)cc4)CCCC3)n2)C1. The van der Waals surface area contributed by atoms with E-state index in [2.05, 4.69) is 46.5 Å². The molecule has 1 aromatic carbocycles. The van der Waals surface area contributed by atoms with Gasteiger partial charge in [0, 0.05) is 36.1 Å². The normalized spacial score (nSPS) is 22.6. The van der Waals surface area contributed by atoms with Crippen LogP contribution in [0.5, 0.6) is 0 Å². The third-order valence-electron chi connectivity index (χ3n) is 6.70. The van der Waals surface area contributed by atoms with Crippen LogP contribution in [0.2, 0.25) is 10.2 Å². The van der Waals surface area contributed by atoms with Crippen LogP contribution >= 0.6 is 35.4 Å². The molecule has 172 valence electrons. The fourth-order valence-corrected chi connectivity index (χ4v) is 5.76. The molecule has 2 atom stereocenters. The largest absolute Gasteiger partial charge is 0.361 e. The highest BCUT2D eigenvalue weighted by molar-refractivity contribution is 7.80. The Morgan fingerprint density at radius 1 is 1.09 bits per heavy atom. The van der Waals surface area contributed by atoms with Crippen molar-refractivity contribution in [3.63, 3.8) is 0 Å². The Morgan fingerprint density at radius 2 is 1.75 bits per heavy atom. The van der Waals surface area contributed by atoms with Gasteiger partial charge in [-0.2, -0.15) is 4.98 Å². The highest BCUT2D eigenvalue weighted by atomic mass is 35.5. The minimum atomic E-state index is 0.0662. The van der Waals surface area contributed by atoms with Crippen molar-refractivity contribution in [2.75, 3.05) is 29.9 Å². The first-order chi connectivity index (χ1) is 15.3. The van der Waals surface area contributed by atoms with Gasteiger partial charge in [-0.15, -0.1) is 0 Å². The Bertz CT molecular complexity index is 936. The van der Waals surface area contributed by atoms with Crippen LogP contribution in [-0.4, -0.2) is 34.7 Å². The summed E-state index contributed by atoms with van der Waals surface area (Å²) in [7, 11) is 0. The molecule has 2 fully saturated rings. The first-order valence-corrected chi connectivity index (χ1v) is 12.6. The Balaban J connectivity index is 1.42. The van der Waals surface area contributed by atoms with Gasteiger partial charge in [-0.25, -0.2) is 4.98 Å². The molecule has 0 amide bonds. The molecule has 0 unspecified atom stereocenters. The van der Waals surface area contributed by atoms with Crippen molar-refractivity contribution in [3.8, 4) is 0 Å². The van der Waals surface area contributed by atoms with E-state index in [1.165, 1.54) is 24.8 Å². The molecule has 2 heterocycles. The van der Waals surface area contributed by atoms with Gasteiger partial charge in [0.2, 0.25) is 5.95 Å². The number of rotatable bonds is 5. The second-order valence-corrected chi connectivity index (χ2v) is 10.8. The molecular weight excluding hydrogens is 461 g/mol. The number of halogens is 2. The predicted molar refractivity (Wildman–Crippen MR) is 138 cm³/mol. The average molecular weight is 493 g/mol. The van der Waals surface area contributed by atoms with Crippen LogP contribution in [0.1, 0.15) is 51.5 Å². The first-order valence-electron chi connectivity index (χ1n) is 11.4. The van der Waals surface area contributed by atoms with Crippen LogP contribution in [-0.2, 0) is 5.41 Å². The van der Waals surface area contributed by atoms with E-state index >= 15 is 0 Å². The lowest BCUT2D eigenvalue weighted by Gasteiger charge is -2.35. The Hall–Kier alpha value is -1.63. The summed E-state index contributed by atoms with van der Waals surface area (Å²) < 4.78 is 0. The fraction of sp³-hybridized carbons (Fsp3) is 0.542. The zero-order chi connectivity index (χ0) is 22.7. The summed E-state index contributed by atoms with van der Waals surface area (Å²) in [6.07, 6.45) is 5.94. The smallest absolute Gasteiger partial charge is 0.232 e. The maximum absolute atomic E-state index is 6.33. The number of benzene rings is 1. The lowest BCUT2D eigenvalue weighted by atomic mass is 9.79. The molecule has 1 aromatic heterocycles. The van der Waals surface area contributed by atoms with E-state index < -0.39 is 0 Å². The Morgan fingerprint density at radius 3 is 2.41 bits per heavy atom. The van der Waals surface area contributed by atoms with Crippen LogP contribution in [0.15, 0.2) is 30.3 Å². The van der Waals surface area contributed by atoms with Gasteiger partial charge in [0.1, 0.15) is 11.0 Å². The number of nitrogens with zero attached hydrogens (tertiary/aromatic N) is 3. The standard InChI is InChI=1S/C24H31Cl2N5S/c1-16-11-17(2)14-31(13-16)21-12-20(26)28-22(29-21)30-23(32)27-15-24(9-3-4-10-24)18-5-7-19(25)8-6-18/h5-8,12,16-17H,3-4,9-11,13-15H2,1-2H3,(H2,27,28,29,30,32)/t16-,17-/m1/s1. The number of thiocarbonyl (C=S) groups is 1. The maximum atomic E-state index is 6.33. The Labute approximate surface area is 206 Å².